The lowest BCUT2D eigenvalue weighted by Crippen LogP contribution is -2.20. The van der Waals surface area contributed by atoms with Crippen LogP contribution < -0.4 is 0 Å². The predicted molar refractivity (Wildman–Crippen MR) is 83.3 cm³/mol. The lowest BCUT2D eigenvalue weighted by atomic mass is 9.98. The standard InChI is InChI=1S/C14H23Cl2O3P/c15-11-14(16)20(17,18-12-7-3-1-4-8-12)19-13-9-5-2-6-10-13/h11-13H,1-10H2/b14-11+. The molecule has 2 rings (SSSR count). The third kappa shape index (κ3) is 4.74. The predicted octanol–water partition coefficient (Wildman–Crippen LogP) is 6.15. The summed E-state index contributed by atoms with van der Waals surface area (Å²) in [5, 5.41) is 0. The highest BCUT2D eigenvalue weighted by Crippen LogP contribution is 2.61. The molecule has 2 aliphatic rings. The first-order chi connectivity index (χ1) is 9.64. The van der Waals surface area contributed by atoms with Gasteiger partial charge in [0.2, 0.25) is 0 Å². The average molecular weight is 341 g/mol. The first-order valence-corrected chi connectivity index (χ1v) is 9.93. The summed E-state index contributed by atoms with van der Waals surface area (Å²) in [7, 11) is -3.45. The summed E-state index contributed by atoms with van der Waals surface area (Å²) in [6.07, 6.45) is 10.5. The Labute approximate surface area is 131 Å². The molecule has 0 heterocycles. The molecule has 0 aliphatic heterocycles. The Hall–Kier alpha value is 0.470. The minimum Gasteiger partial charge on any atom is -0.301 e. The van der Waals surface area contributed by atoms with E-state index in [9.17, 15) is 4.57 Å². The molecule has 0 unspecified atom stereocenters. The van der Waals surface area contributed by atoms with Crippen LogP contribution in [0.25, 0.3) is 0 Å². The lowest BCUT2D eigenvalue weighted by Gasteiger charge is -2.30. The topological polar surface area (TPSA) is 35.5 Å². The highest BCUT2D eigenvalue weighted by molar-refractivity contribution is 7.61. The quantitative estimate of drug-likeness (QED) is 0.562. The summed E-state index contributed by atoms with van der Waals surface area (Å²) in [6.45, 7) is 0. The molecule has 2 saturated carbocycles. The number of hydrogen-bond donors (Lipinski definition) is 0. The smallest absolute Gasteiger partial charge is 0.301 e. The highest BCUT2D eigenvalue weighted by atomic mass is 35.5. The van der Waals surface area contributed by atoms with Gasteiger partial charge in [-0.2, -0.15) is 0 Å². The fourth-order valence-electron chi connectivity index (χ4n) is 2.92. The van der Waals surface area contributed by atoms with Crippen LogP contribution in [0.2, 0.25) is 0 Å². The maximum Gasteiger partial charge on any atom is 0.374 e. The Morgan fingerprint density at radius 1 is 0.900 bits per heavy atom. The Morgan fingerprint density at radius 2 is 1.30 bits per heavy atom. The number of halogens is 2. The lowest BCUT2D eigenvalue weighted by molar-refractivity contribution is 0.0834. The Kier molecular flexibility index (Phi) is 6.90. The van der Waals surface area contributed by atoms with Crippen molar-refractivity contribution in [2.24, 2.45) is 0 Å². The molecule has 6 heteroatoms. The molecule has 3 nitrogen and oxygen atoms in total. The molecule has 0 bridgehead atoms. The van der Waals surface area contributed by atoms with Gasteiger partial charge in [-0.25, -0.2) is 0 Å². The minimum atomic E-state index is -3.45. The molecule has 0 aromatic heterocycles. The SMILES string of the molecule is O=P(OC1CCCCC1)(OC1CCCCC1)/C(Cl)=C/Cl. The van der Waals surface area contributed by atoms with Crippen molar-refractivity contribution in [3.63, 3.8) is 0 Å². The minimum absolute atomic E-state index is 0.00955. The van der Waals surface area contributed by atoms with Gasteiger partial charge in [0.15, 0.2) is 0 Å². The van der Waals surface area contributed by atoms with Crippen molar-refractivity contribution in [1.82, 2.24) is 0 Å². The Balaban J connectivity index is 2.01. The first-order valence-electron chi connectivity index (χ1n) is 7.57. The van der Waals surface area contributed by atoms with Crippen molar-refractivity contribution in [1.29, 1.82) is 0 Å². The van der Waals surface area contributed by atoms with Gasteiger partial charge in [0.05, 0.1) is 12.2 Å². The normalized spacial score (nSPS) is 24.0. The average Bonchev–Trinajstić information content (AvgIpc) is 2.48. The molecular weight excluding hydrogens is 318 g/mol. The zero-order valence-electron chi connectivity index (χ0n) is 11.7. The number of rotatable bonds is 5. The molecule has 0 N–H and O–H groups in total. The van der Waals surface area contributed by atoms with Crippen molar-refractivity contribution in [3.8, 4) is 0 Å². The van der Waals surface area contributed by atoms with Crippen LogP contribution in [-0.2, 0) is 13.6 Å². The van der Waals surface area contributed by atoms with E-state index in [1.807, 2.05) is 0 Å². The van der Waals surface area contributed by atoms with Crippen LogP contribution in [-0.4, -0.2) is 12.2 Å². The second kappa shape index (κ2) is 8.19. The summed E-state index contributed by atoms with van der Waals surface area (Å²) < 4.78 is 24.5. The summed E-state index contributed by atoms with van der Waals surface area (Å²) in [6, 6.07) is 0. The van der Waals surface area contributed by atoms with Gasteiger partial charge >= 0.3 is 7.60 Å². The summed E-state index contributed by atoms with van der Waals surface area (Å²) in [4.78, 5) is 0. The fraction of sp³-hybridized carbons (Fsp3) is 0.857. The van der Waals surface area contributed by atoms with E-state index in [2.05, 4.69) is 0 Å². The van der Waals surface area contributed by atoms with Crippen LogP contribution in [0, 0.1) is 0 Å². The van der Waals surface area contributed by atoms with E-state index in [1.54, 1.807) is 0 Å². The molecule has 0 aromatic rings. The van der Waals surface area contributed by atoms with E-state index >= 15 is 0 Å². The molecule has 0 amide bonds. The highest BCUT2D eigenvalue weighted by Gasteiger charge is 2.36. The molecule has 0 spiro atoms. The summed E-state index contributed by atoms with van der Waals surface area (Å²) in [5.74, 6) is 0. The summed E-state index contributed by atoms with van der Waals surface area (Å²) >= 11 is 11.7. The van der Waals surface area contributed by atoms with Gasteiger partial charge in [0.1, 0.15) is 4.77 Å². The third-order valence-corrected chi connectivity index (χ3v) is 7.05. The van der Waals surface area contributed by atoms with Gasteiger partial charge < -0.3 is 9.05 Å². The van der Waals surface area contributed by atoms with Crippen molar-refractivity contribution >= 4 is 30.8 Å². The molecular formula is C14H23Cl2O3P. The Bertz CT molecular complexity index is 351. The van der Waals surface area contributed by atoms with E-state index in [4.69, 9.17) is 32.2 Å². The largest absolute Gasteiger partial charge is 0.374 e. The monoisotopic (exact) mass is 340 g/mol. The van der Waals surface area contributed by atoms with Crippen LogP contribution >= 0.6 is 30.8 Å². The molecule has 0 aromatic carbocycles. The van der Waals surface area contributed by atoms with Gasteiger partial charge in [-0.3, -0.25) is 4.57 Å². The van der Waals surface area contributed by atoms with E-state index in [0.29, 0.717) is 0 Å². The fourth-order valence-corrected chi connectivity index (χ4v) is 5.09. The van der Waals surface area contributed by atoms with Crippen molar-refractivity contribution in [3.05, 3.63) is 10.3 Å². The van der Waals surface area contributed by atoms with Crippen LogP contribution in [0.4, 0.5) is 0 Å². The molecule has 2 aliphatic carbocycles. The zero-order valence-corrected chi connectivity index (χ0v) is 14.1. The maximum absolute atomic E-state index is 13.0. The van der Waals surface area contributed by atoms with Crippen molar-refractivity contribution in [2.75, 3.05) is 0 Å². The van der Waals surface area contributed by atoms with Crippen LogP contribution in [0.15, 0.2) is 10.3 Å². The third-order valence-electron chi connectivity index (χ3n) is 4.03. The van der Waals surface area contributed by atoms with Crippen molar-refractivity contribution in [2.45, 2.75) is 76.4 Å². The second-order valence-electron chi connectivity index (χ2n) is 5.66. The number of hydrogen-bond acceptors (Lipinski definition) is 3. The van der Waals surface area contributed by atoms with Crippen LogP contribution in [0.3, 0.4) is 0 Å². The van der Waals surface area contributed by atoms with Crippen LogP contribution in [0.5, 0.6) is 0 Å². The van der Waals surface area contributed by atoms with Gasteiger partial charge in [0.25, 0.3) is 0 Å². The van der Waals surface area contributed by atoms with Gasteiger partial charge in [-0.05, 0) is 25.7 Å². The van der Waals surface area contributed by atoms with E-state index in [1.165, 1.54) is 12.8 Å². The second-order valence-corrected chi connectivity index (χ2v) is 8.45. The molecule has 116 valence electrons. The van der Waals surface area contributed by atoms with Gasteiger partial charge in [-0.15, -0.1) is 0 Å². The van der Waals surface area contributed by atoms with E-state index < -0.39 is 7.60 Å². The molecule has 0 atom stereocenters. The summed E-state index contributed by atoms with van der Waals surface area (Å²) in [5.41, 5.74) is 1.12. The van der Waals surface area contributed by atoms with Gasteiger partial charge in [0, 0.05) is 5.54 Å². The molecule has 0 radical (unpaired) electrons. The van der Waals surface area contributed by atoms with E-state index in [-0.39, 0.29) is 17.0 Å². The first kappa shape index (κ1) is 16.8. The molecule has 20 heavy (non-hydrogen) atoms. The molecule has 0 saturated heterocycles. The van der Waals surface area contributed by atoms with Gasteiger partial charge in [-0.1, -0.05) is 61.7 Å². The van der Waals surface area contributed by atoms with E-state index in [0.717, 1.165) is 56.9 Å². The molecule has 2 fully saturated rings. The Morgan fingerprint density at radius 3 is 1.65 bits per heavy atom. The zero-order chi connectivity index (χ0) is 14.4. The maximum atomic E-state index is 13.0. The van der Waals surface area contributed by atoms with Crippen LogP contribution in [0.1, 0.15) is 64.2 Å². The van der Waals surface area contributed by atoms with Crippen molar-refractivity contribution < 1.29 is 13.6 Å².